The molecule has 0 saturated carbocycles. The molecule has 0 aliphatic carbocycles. The van der Waals surface area contributed by atoms with Gasteiger partial charge < -0.3 is 4.90 Å². The van der Waals surface area contributed by atoms with Crippen molar-refractivity contribution in [2.24, 2.45) is 5.41 Å². The minimum atomic E-state index is -0.867. The maximum atomic E-state index is 11.9. The van der Waals surface area contributed by atoms with Crippen LogP contribution in [0.15, 0.2) is 11.1 Å². The molecular formula is C10H13NO2S. The molecule has 1 unspecified atom stereocenters. The van der Waals surface area contributed by atoms with Crippen molar-refractivity contribution in [3.63, 3.8) is 0 Å². The number of fused-ring (bicyclic) bond motifs is 1. The lowest BCUT2D eigenvalue weighted by atomic mass is 9.84. The maximum Gasteiger partial charge on any atom is 0.240 e. The SMILES string of the molecule is CC1CN2C(=O)C(C)(C)C(=O)C=C2S1. The van der Waals surface area contributed by atoms with Crippen LogP contribution in [0.5, 0.6) is 0 Å². The number of hydrogen-bond acceptors (Lipinski definition) is 3. The highest BCUT2D eigenvalue weighted by Gasteiger charge is 2.45. The lowest BCUT2D eigenvalue weighted by Gasteiger charge is -2.31. The van der Waals surface area contributed by atoms with Crippen LogP contribution < -0.4 is 0 Å². The van der Waals surface area contributed by atoms with Gasteiger partial charge in [0.1, 0.15) is 5.41 Å². The van der Waals surface area contributed by atoms with Gasteiger partial charge in [-0.3, -0.25) is 9.59 Å². The Morgan fingerprint density at radius 2 is 2.14 bits per heavy atom. The Hall–Kier alpha value is -0.770. The smallest absolute Gasteiger partial charge is 0.240 e. The van der Waals surface area contributed by atoms with E-state index in [1.54, 1.807) is 36.6 Å². The standard InChI is InChI=1S/C10H13NO2S/c1-6-5-11-8(14-6)4-7(12)10(2,3)9(11)13/h4,6H,5H2,1-3H3. The van der Waals surface area contributed by atoms with Crippen LogP contribution >= 0.6 is 11.8 Å². The van der Waals surface area contributed by atoms with E-state index in [1.165, 1.54) is 0 Å². The summed E-state index contributed by atoms with van der Waals surface area (Å²) in [7, 11) is 0. The summed E-state index contributed by atoms with van der Waals surface area (Å²) in [4.78, 5) is 25.3. The Morgan fingerprint density at radius 3 is 2.79 bits per heavy atom. The van der Waals surface area contributed by atoms with E-state index in [4.69, 9.17) is 0 Å². The number of rotatable bonds is 0. The first kappa shape index (κ1) is 9.77. The maximum absolute atomic E-state index is 11.9. The lowest BCUT2D eigenvalue weighted by Crippen LogP contribution is -2.46. The molecule has 0 bridgehead atoms. The molecule has 2 rings (SSSR count). The van der Waals surface area contributed by atoms with Crippen molar-refractivity contribution < 1.29 is 9.59 Å². The topological polar surface area (TPSA) is 37.4 Å². The zero-order valence-electron chi connectivity index (χ0n) is 8.53. The molecule has 76 valence electrons. The summed E-state index contributed by atoms with van der Waals surface area (Å²) in [5.41, 5.74) is -0.867. The predicted molar refractivity (Wildman–Crippen MR) is 55.6 cm³/mol. The molecule has 4 heteroatoms. The van der Waals surface area contributed by atoms with Crippen LogP contribution in [-0.2, 0) is 9.59 Å². The van der Waals surface area contributed by atoms with Crippen molar-refractivity contribution in [1.82, 2.24) is 4.90 Å². The summed E-state index contributed by atoms with van der Waals surface area (Å²) in [5, 5.41) is 1.22. The fourth-order valence-corrected chi connectivity index (χ4v) is 2.78. The molecule has 0 radical (unpaired) electrons. The molecule has 14 heavy (non-hydrogen) atoms. The van der Waals surface area contributed by atoms with Gasteiger partial charge in [-0.1, -0.05) is 6.92 Å². The van der Waals surface area contributed by atoms with Gasteiger partial charge in [-0.2, -0.15) is 0 Å². The Bertz CT molecular complexity index is 346. The van der Waals surface area contributed by atoms with Crippen LogP contribution in [0.2, 0.25) is 0 Å². The summed E-state index contributed by atoms with van der Waals surface area (Å²) in [5.74, 6) is -0.132. The molecule has 0 aromatic rings. The first-order valence-electron chi connectivity index (χ1n) is 4.67. The number of carbonyl (C=O) groups is 2. The van der Waals surface area contributed by atoms with Crippen molar-refractivity contribution in [2.45, 2.75) is 26.0 Å². The van der Waals surface area contributed by atoms with Crippen LogP contribution in [0.4, 0.5) is 0 Å². The highest BCUT2D eigenvalue weighted by Crippen LogP contribution is 2.40. The Kier molecular flexibility index (Phi) is 2.00. The average molecular weight is 211 g/mol. The molecule has 1 saturated heterocycles. The van der Waals surface area contributed by atoms with E-state index >= 15 is 0 Å². The van der Waals surface area contributed by atoms with Gasteiger partial charge >= 0.3 is 0 Å². The summed E-state index contributed by atoms with van der Waals surface area (Å²) in [6.45, 7) is 6.18. The van der Waals surface area contributed by atoms with Crippen LogP contribution in [-0.4, -0.2) is 28.4 Å². The summed E-state index contributed by atoms with van der Waals surface area (Å²) >= 11 is 1.60. The third kappa shape index (κ3) is 1.21. The Morgan fingerprint density at radius 1 is 1.50 bits per heavy atom. The van der Waals surface area contributed by atoms with Gasteiger partial charge in [-0.25, -0.2) is 0 Å². The van der Waals surface area contributed by atoms with Gasteiger partial charge in [-0.15, -0.1) is 11.8 Å². The number of amides is 1. The second-order valence-electron chi connectivity index (χ2n) is 4.32. The van der Waals surface area contributed by atoms with E-state index < -0.39 is 5.41 Å². The first-order chi connectivity index (χ1) is 6.43. The number of hydrogen-bond donors (Lipinski definition) is 0. The summed E-state index contributed by atoms with van der Waals surface area (Å²) in [6, 6.07) is 0. The zero-order valence-corrected chi connectivity index (χ0v) is 9.35. The fraction of sp³-hybridized carbons (Fsp3) is 0.600. The van der Waals surface area contributed by atoms with Crippen LogP contribution in [0.25, 0.3) is 0 Å². The van der Waals surface area contributed by atoms with E-state index in [0.717, 1.165) is 11.6 Å². The van der Waals surface area contributed by atoms with Crippen molar-refractivity contribution in [2.75, 3.05) is 6.54 Å². The second kappa shape index (κ2) is 2.86. The van der Waals surface area contributed by atoms with Crippen molar-refractivity contribution in [3.8, 4) is 0 Å². The van der Waals surface area contributed by atoms with E-state index in [1.807, 2.05) is 0 Å². The highest BCUT2D eigenvalue weighted by atomic mass is 32.2. The molecule has 0 aromatic heterocycles. The molecule has 2 heterocycles. The number of nitrogens with zero attached hydrogens (tertiary/aromatic N) is 1. The monoisotopic (exact) mass is 211 g/mol. The fourth-order valence-electron chi connectivity index (χ4n) is 1.68. The lowest BCUT2D eigenvalue weighted by molar-refractivity contribution is -0.145. The predicted octanol–water partition coefficient (Wildman–Crippen LogP) is 1.40. The van der Waals surface area contributed by atoms with E-state index in [2.05, 4.69) is 6.92 Å². The molecule has 1 atom stereocenters. The third-order valence-electron chi connectivity index (χ3n) is 2.68. The highest BCUT2D eigenvalue weighted by molar-refractivity contribution is 8.03. The van der Waals surface area contributed by atoms with Gasteiger partial charge in [0.2, 0.25) is 5.91 Å². The third-order valence-corrected chi connectivity index (χ3v) is 3.81. The molecule has 2 aliphatic heterocycles. The van der Waals surface area contributed by atoms with E-state index in [0.29, 0.717) is 5.25 Å². The summed E-state index contributed by atoms with van der Waals surface area (Å²) < 4.78 is 0. The Balaban J connectivity index is 2.42. The minimum absolute atomic E-state index is 0.0585. The molecule has 1 fully saturated rings. The number of allylic oxidation sites excluding steroid dienone is 1. The first-order valence-corrected chi connectivity index (χ1v) is 5.55. The van der Waals surface area contributed by atoms with Gasteiger partial charge in [0.25, 0.3) is 0 Å². The van der Waals surface area contributed by atoms with Crippen molar-refractivity contribution >= 4 is 23.5 Å². The molecule has 2 aliphatic rings. The van der Waals surface area contributed by atoms with Crippen molar-refractivity contribution in [3.05, 3.63) is 11.1 Å². The molecule has 0 spiro atoms. The van der Waals surface area contributed by atoms with E-state index in [-0.39, 0.29) is 11.7 Å². The minimum Gasteiger partial charge on any atom is -0.305 e. The molecule has 1 amide bonds. The van der Waals surface area contributed by atoms with Crippen LogP contribution in [0.3, 0.4) is 0 Å². The molecular weight excluding hydrogens is 198 g/mol. The van der Waals surface area contributed by atoms with Crippen molar-refractivity contribution in [1.29, 1.82) is 0 Å². The number of carbonyl (C=O) groups excluding carboxylic acids is 2. The second-order valence-corrected chi connectivity index (χ2v) is 5.77. The van der Waals surface area contributed by atoms with E-state index in [9.17, 15) is 9.59 Å². The van der Waals surface area contributed by atoms with Gasteiger partial charge in [-0.05, 0) is 13.8 Å². The normalized spacial score (nSPS) is 30.4. The quantitative estimate of drug-likeness (QED) is 0.568. The average Bonchev–Trinajstić information content (AvgIpc) is 2.43. The molecule has 0 aromatic carbocycles. The van der Waals surface area contributed by atoms with Gasteiger partial charge in [0.05, 0.1) is 5.03 Å². The van der Waals surface area contributed by atoms with Gasteiger partial charge in [0, 0.05) is 17.9 Å². The largest absolute Gasteiger partial charge is 0.305 e. The van der Waals surface area contributed by atoms with Gasteiger partial charge in [0.15, 0.2) is 5.78 Å². The number of thioether (sulfide) groups is 1. The number of ketones is 1. The summed E-state index contributed by atoms with van der Waals surface area (Å²) in [6.07, 6.45) is 1.61. The Labute approximate surface area is 87.5 Å². The molecule has 3 nitrogen and oxygen atoms in total. The zero-order chi connectivity index (χ0) is 10.5. The van der Waals surface area contributed by atoms with Crippen LogP contribution in [0.1, 0.15) is 20.8 Å². The van der Waals surface area contributed by atoms with Crippen LogP contribution in [0, 0.1) is 5.41 Å². The molecule has 0 N–H and O–H groups in total.